The van der Waals surface area contributed by atoms with Crippen molar-refractivity contribution in [3.63, 3.8) is 0 Å². The normalized spacial score (nSPS) is 10.1. The molecule has 76 valence electrons. The predicted molar refractivity (Wildman–Crippen MR) is 57.0 cm³/mol. The van der Waals surface area contributed by atoms with Crippen LogP contribution in [-0.2, 0) is 11.2 Å². The smallest absolute Gasteiger partial charge is 0.328 e. The Balaban J connectivity index is 2.64. The highest BCUT2D eigenvalue weighted by molar-refractivity contribution is 5.85. The van der Waals surface area contributed by atoms with Crippen LogP contribution in [0.1, 0.15) is 17.5 Å². The summed E-state index contributed by atoms with van der Waals surface area (Å²) in [5.74, 6) is -0.955. The second-order valence-electron chi connectivity index (χ2n) is 3.07. The third kappa shape index (κ3) is 4.10. The standard InChI is InChI=1S/C12H11NO2/c13-9-1-2-10-3-5-11(6-4-10)7-8-12(14)15/h3-8H,1-2H2,(H,14,15). The van der Waals surface area contributed by atoms with E-state index in [2.05, 4.69) is 6.07 Å². The molecule has 1 N–H and O–H groups in total. The second-order valence-corrected chi connectivity index (χ2v) is 3.07. The first-order valence-electron chi connectivity index (χ1n) is 4.59. The average molecular weight is 201 g/mol. The lowest BCUT2D eigenvalue weighted by atomic mass is 10.1. The molecule has 1 rings (SSSR count). The molecule has 0 spiro atoms. The lowest BCUT2D eigenvalue weighted by Gasteiger charge is -1.97. The van der Waals surface area contributed by atoms with Gasteiger partial charge in [-0.1, -0.05) is 24.3 Å². The van der Waals surface area contributed by atoms with Crippen molar-refractivity contribution in [1.82, 2.24) is 0 Å². The lowest BCUT2D eigenvalue weighted by molar-refractivity contribution is -0.131. The van der Waals surface area contributed by atoms with Gasteiger partial charge >= 0.3 is 5.97 Å². The van der Waals surface area contributed by atoms with Gasteiger partial charge in [0.25, 0.3) is 0 Å². The summed E-state index contributed by atoms with van der Waals surface area (Å²) in [4.78, 5) is 10.3. The van der Waals surface area contributed by atoms with Crippen LogP contribution in [0.25, 0.3) is 6.08 Å². The maximum atomic E-state index is 10.3. The molecule has 0 unspecified atom stereocenters. The molecule has 3 nitrogen and oxygen atoms in total. The number of hydrogen-bond donors (Lipinski definition) is 1. The lowest BCUT2D eigenvalue weighted by Crippen LogP contribution is -1.86. The zero-order chi connectivity index (χ0) is 11.1. The quantitative estimate of drug-likeness (QED) is 0.760. The molecule has 0 saturated carbocycles. The van der Waals surface area contributed by atoms with Crippen molar-refractivity contribution in [2.75, 3.05) is 0 Å². The van der Waals surface area contributed by atoms with Crippen molar-refractivity contribution in [1.29, 1.82) is 5.26 Å². The number of rotatable bonds is 4. The highest BCUT2D eigenvalue weighted by Crippen LogP contribution is 2.07. The largest absolute Gasteiger partial charge is 0.478 e. The molecule has 15 heavy (non-hydrogen) atoms. The van der Waals surface area contributed by atoms with Gasteiger partial charge in [0, 0.05) is 12.5 Å². The van der Waals surface area contributed by atoms with Gasteiger partial charge in [-0.25, -0.2) is 4.79 Å². The molecule has 0 radical (unpaired) electrons. The summed E-state index contributed by atoms with van der Waals surface area (Å²) in [6.07, 6.45) is 3.88. The van der Waals surface area contributed by atoms with Gasteiger partial charge in [-0.15, -0.1) is 0 Å². The molecule has 0 heterocycles. The molecule has 0 bridgehead atoms. The number of aryl methyl sites for hydroxylation is 1. The molecule has 0 atom stereocenters. The molecule has 1 aromatic rings. The first-order chi connectivity index (χ1) is 7.22. The molecule has 0 amide bonds. The second kappa shape index (κ2) is 5.61. The number of hydrogen-bond acceptors (Lipinski definition) is 2. The Bertz CT molecular complexity index is 399. The van der Waals surface area contributed by atoms with Gasteiger partial charge in [-0.3, -0.25) is 0 Å². The maximum Gasteiger partial charge on any atom is 0.328 e. The van der Waals surface area contributed by atoms with Gasteiger partial charge in [0.05, 0.1) is 6.07 Å². The number of nitrogens with zero attached hydrogens (tertiary/aromatic N) is 1. The molecule has 1 aromatic carbocycles. The Morgan fingerprint density at radius 1 is 1.40 bits per heavy atom. The number of carbonyl (C=O) groups is 1. The molecule has 3 heteroatoms. The van der Waals surface area contributed by atoms with Crippen molar-refractivity contribution in [2.45, 2.75) is 12.8 Å². The van der Waals surface area contributed by atoms with Crippen molar-refractivity contribution >= 4 is 12.0 Å². The summed E-state index contributed by atoms with van der Waals surface area (Å²) in [7, 11) is 0. The van der Waals surface area contributed by atoms with Gasteiger partial charge in [-0.2, -0.15) is 5.26 Å². The summed E-state index contributed by atoms with van der Waals surface area (Å²) < 4.78 is 0. The van der Waals surface area contributed by atoms with Crippen molar-refractivity contribution < 1.29 is 9.90 Å². The van der Waals surface area contributed by atoms with Gasteiger partial charge in [0.1, 0.15) is 0 Å². The van der Waals surface area contributed by atoms with Crippen LogP contribution in [-0.4, -0.2) is 11.1 Å². The van der Waals surface area contributed by atoms with E-state index >= 15 is 0 Å². The van der Waals surface area contributed by atoms with E-state index in [1.54, 1.807) is 0 Å². The average Bonchev–Trinajstić information content (AvgIpc) is 2.25. The highest BCUT2D eigenvalue weighted by atomic mass is 16.4. The van der Waals surface area contributed by atoms with Crippen LogP contribution in [0.4, 0.5) is 0 Å². The van der Waals surface area contributed by atoms with Crippen LogP contribution in [0.3, 0.4) is 0 Å². The minimum Gasteiger partial charge on any atom is -0.478 e. The van der Waals surface area contributed by atoms with E-state index in [1.165, 1.54) is 6.08 Å². The van der Waals surface area contributed by atoms with Gasteiger partial charge in [0.15, 0.2) is 0 Å². The molecule has 0 aliphatic rings. The van der Waals surface area contributed by atoms with E-state index in [4.69, 9.17) is 10.4 Å². The maximum absolute atomic E-state index is 10.3. The minimum atomic E-state index is -0.955. The molecule has 0 aromatic heterocycles. The van der Waals surface area contributed by atoms with Crippen LogP contribution < -0.4 is 0 Å². The topological polar surface area (TPSA) is 61.1 Å². The molecule has 0 aliphatic heterocycles. The molecular weight excluding hydrogens is 190 g/mol. The monoisotopic (exact) mass is 201 g/mol. The third-order valence-electron chi connectivity index (χ3n) is 1.92. The fourth-order valence-corrected chi connectivity index (χ4v) is 1.16. The first-order valence-corrected chi connectivity index (χ1v) is 4.59. The van der Waals surface area contributed by atoms with Crippen LogP contribution in [0.2, 0.25) is 0 Å². The number of nitriles is 1. The van der Waals surface area contributed by atoms with E-state index in [0.717, 1.165) is 23.6 Å². The third-order valence-corrected chi connectivity index (χ3v) is 1.92. The van der Waals surface area contributed by atoms with Gasteiger partial charge in [0.2, 0.25) is 0 Å². The zero-order valence-corrected chi connectivity index (χ0v) is 8.18. The SMILES string of the molecule is N#CCCc1ccc(C=CC(=O)O)cc1. The molecular formula is C12H11NO2. The summed E-state index contributed by atoms with van der Waals surface area (Å²) in [6, 6.07) is 9.56. The van der Waals surface area contributed by atoms with E-state index < -0.39 is 5.97 Å². The van der Waals surface area contributed by atoms with Crippen molar-refractivity contribution in [3.05, 3.63) is 41.5 Å². The summed E-state index contributed by atoms with van der Waals surface area (Å²) in [5, 5.41) is 16.8. The number of benzene rings is 1. The zero-order valence-electron chi connectivity index (χ0n) is 8.18. The van der Waals surface area contributed by atoms with Crippen LogP contribution in [0, 0.1) is 11.3 Å². The van der Waals surface area contributed by atoms with Crippen LogP contribution in [0.5, 0.6) is 0 Å². The van der Waals surface area contributed by atoms with Crippen molar-refractivity contribution in [2.24, 2.45) is 0 Å². The molecule has 0 saturated heterocycles. The van der Waals surface area contributed by atoms with Gasteiger partial charge in [-0.05, 0) is 23.6 Å². The van der Waals surface area contributed by atoms with Crippen molar-refractivity contribution in [3.8, 4) is 6.07 Å². The summed E-state index contributed by atoms with van der Waals surface area (Å²) >= 11 is 0. The van der Waals surface area contributed by atoms with E-state index in [0.29, 0.717) is 6.42 Å². The number of aliphatic carboxylic acids is 1. The van der Waals surface area contributed by atoms with Crippen LogP contribution in [0.15, 0.2) is 30.3 Å². The van der Waals surface area contributed by atoms with E-state index in [9.17, 15) is 4.79 Å². The number of carboxylic acid groups (broad SMARTS) is 1. The Morgan fingerprint density at radius 3 is 2.60 bits per heavy atom. The molecule has 0 fully saturated rings. The Labute approximate surface area is 88.3 Å². The summed E-state index contributed by atoms with van der Waals surface area (Å²) in [5.41, 5.74) is 1.93. The van der Waals surface area contributed by atoms with Crippen LogP contribution >= 0.6 is 0 Å². The van der Waals surface area contributed by atoms with E-state index in [1.807, 2.05) is 24.3 Å². The predicted octanol–water partition coefficient (Wildman–Crippen LogP) is 2.24. The highest BCUT2D eigenvalue weighted by Gasteiger charge is 1.93. The molecule has 0 aliphatic carbocycles. The Kier molecular flexibility index (Phi) is 4.11. The number of carboxylic acids is 1. The van der Waals surface area contributed by atoms with Gasteiger partial charge < -0.3 is 5.11 Å². The Hall–Kier alpha value is -2.08. The first kappa shape index (κ1) is 11.0. The fourth-order valence-electron chi connectivity index (χ4n) is 1.16. The Morgan fingerprint density at radius 2 is 2.07 bits per heavy atom. The fraction of sp³-hybridized carbons (Fsp3) is 0.167. The summed E-state index contributed by atoms with van der Waals surface area (Å²) in [6.45, 7) is 0. The van der Waals surface area contributed by atoms with E-state index in [-0.39, 0.29) is 0 Å². The minimum absolute atomic E-state index is 0.504.